The van der Waals surface area contributed by atoms with Crippen LogP contribution < -0.4 is 15.4 Å². The zero-order chi connectivity index (χ0) is 25.6. The predicted octanol–water partition coefficient (Wildman–Crippen LogP) is 5.08. The van der Waals surface area contributed by atoms with Gasteiger partial charge >= 0.3 is 6.03 Å². The first-order chi connectivity index (χ1) is 17.2. The number of phenolic OH excluding ortho intramolecular Hbond substituents is 1. The van der Waals surface area contributed by atoms with Gasteiger partial charge in [0, 0.05) is 63.2 Å². The van der Waals surface area contributed by atoms with Crippen LogP contribution in [0.4, 0.5) is 20.6 Å². The van der Waals surface area contributed by atoms with Crippen molar-refractivity contribution in [1.82, 2.24) is 9.47 Å². The number of hydrogen-bond donors (Lipinski definition) is 1. The minimum atomic E-state index is -0.525. The molecule has 0 saturated carbocycles. The van der Waals surface area contributed by atoms with Gasteiger partial charge in [0.25, 0.3) is 5.56 Å². The van der Waals surface area contributed by atoms with Gasteiger partial charge in [-0.1, -0.05) is 17.7 Å². The maximum atomic E-state index is 14.9. The van der Waals surface area contributed by atoms with Crippen LogP contribution in [0, 0.1) is 5.82 Å². The number of carbonyl (C=O) groups excluding carboxylic acids is 1. The van der Waals surface area contributed by atoms with Crippen LogP contribution in [0.5, 0.6) is 5.75 Å². The predicted molar refractivity (Wildman–Crippen MR) is 141 cm³/mol. The van der Waals surface area contributed by atoms with E-state index in [4.69, 9.17) is 11.6 Å². The van der Waals surface area contributed by atoms with Gasteiger partial charge in [0.1, 0.15) is 17.3 Å². The molecule has 1 aromatic heterocycles. The first-order valence-corrected chi connectivity index (χ1v) is 12.4. The molecule has 0 unspecified atom stereocenters. The maximum absolute atomic E-state index is 14.9. The number of urea groups is 1. The van der Waals surface area contributed by atoms with Crippen LogP contribution in [0.25, 0.3) is 22.3 Å². The number of rotatable bonds is 4. The molecule has 2 aromatic carbocycles. The van der Waals surface area contributed by atoms with Crippen molar-refractivity contribution in [3.8, 4) is 28.0 Å². The fourth-order valence-electron chi connectivity index (χ4n) is 5.01. The third-order valence-electron chi connectivity index (χ3n) is 7.01. The van der Waals surface area contributed by atoms with Gasteiger partial charge in [-0.05, 0) is 55.2 Å². The van der Waals surface area contributed by atoms with E-state index in [2.05, 4.69) is 4.90 Å². The van der Waals surface area contributed by atoms with E-state index in [1.807, 2.05) is 0 Å². The van der Waals surface area contributed by atoms with Gasteiger partial charge in [-0.3, -0.25) is 9.69 Å². The van der Waals surface area contributed by atoms with Gasteiger partial charge < -0.3 is 19.5 Å². The number of aryl methyl sites for hydroxylation is 1. The second-order valence-corrected chi connectivity index (χ2v) is 9.86. The highest BCUT2D eigenvalue weighted by Crippen LogP contribution is 2.41. The van der Waals surface area contributed by atoms with Crippen molar-refractivity contribution in [2.45, 2.75) is 19.3 Å². The topological polar surface area (TPSA) is 69.0 Å². The maximum Gasteiger partial charge on any atom is 0.324 e. The number of benzene rings is 2. The molecule has 2 amide bonds. The van der Waals surface area contributed by atoms with Crippen LogP contribution in [0.2, 0.25) is 5.02 Å². The largest absolute Gasteiger partial charge is 0.507 e. The van der Waals surface area contributed by atoms with Crippen molar-refractivity contribution in [3.63, 3.8) is 0 Å². The molecule has 3 heterocycles. The standard InChI is InChI=1S/C27H28ClFN4O3/c1-30-10-11-33(27(30)36)23-7-6-17(12-22(23)28)20-14-19(29)15-21(25(20)34)18-13-24(26(35)31(2)16-18)32-8-4-3-5-9-32/h6-7,12-16,34H,3-5,8-11H2,1-2H3. The number of amides is 2. The van der Waals surface area contributed by atoms with E-state index in [1.54, 1.807) is 54.4 Å². The molecule has 0 spiro atoms. The molecule has 0 atom stereocenters. The molecule has 2 aliphatic rings. The van der Waals surface area contributed by atoms with Gasteiger partial charge in [0.2, 0.25) is 0 Å². The Balaban J connectivity index is 1.56. The second kappa shape index (κ2) is 9.50. The van der Waals surface area contributed by atoms with Crippen LogP contribution in [0.15, 0.2) is 47.4 Å². The molecule has 3 aromatic rings. The zero-order valence-corrected chi connectivity index (χ0v) is 21.1. The SMILES string of the molecule is CN1CCN(c2ccc(-c3cc(F)cc(-c4cc(N5CCCCC5)c(=O)n(C)c4)c3O)cc2Cl)C1=O. The number of anilines is 2. The highest BCUT2D eigenvalue weighted by Gasteiger charge is 2.28. The lowest BCUT2D eigenvalue weighted by molar-refractivity contribution is 0.229. The molecule has 0 aliphatic carbocycles. The number of aromatic hydroxyl groups is 1. The van der Waals surface area contributed by atoms with Crippen molar-refractivity contribution in [2.75, 3.05) is 43.0 Å². The number of piperidine rings is 1. The van der Waals surface area contributed by atoms with Gasteiger partial charge in [-0.25, -0.2) is 9.18 Å². The lowest BCUT2D eigenvalue weighted by atomic mass is 9.97. The van der Waals surface area contributed by atoms with Gasteiger partial charge in [-0.2, -0.15) is 0 Å². The summed E-state index contributed by atoms with van der Waals surface area (Å²) < 4.78 is 16.3. The number of halogens is 2. The Morgan fingerprint density at radius 3 is 2.19 bits per heavy atom. The molecule has 0 radical (unpaired) electrons. The fourth-order valence-corrected chi connectivity index (χ4v) is 5.29. The summed E-state index contributed by atoms with van der Waals surface area (Å²) in [6, 6.07) is 9.17. The summed E-state index contributed by atoms with van der Waals surface area (Å²) in [7, 11) is 3.39. The monoisotopic (exact) mass is 510 g/mol. The Hall–Kier alpha value is -3.52. The van der Waals surface area contributed by atoms with Crippen molar-refractivity contribution in [1.29, 1.82) is 0 Å². The van der Waals surface area contributed by atoms with E-state index in [-0.39, 0.29) is 28.5 Å². The highest BCUT2D eigenvalue weighted by molar-refractivity contribution is 6.34. The van der Waals surface area contributed by atoms with Crippen LogP contribution in [-0.4, -0.2) is 53.8 Å². The van der Waals surface area contributed by atoms with E-state index < -0.39 is 5.82 Å². The van der Waals surface area contributed by atoms with Crippen LogP contribution in [0.3, 0.4) is 0 Å². The lowest BCUT2D eigenvalue weighted by Gasteiger charge is -2.28. The molecular formula is C27H28ClFN4O3. The molecule has 9 heteroatoms. The summed E-state index contributed by atoms with van der Waals surface area (Å²) in [4.78, 5) is 30.5. The molecule has 188 valence electrons. The summed E-state index contributed by atoms with van der Waals surface area (Å²) >= 11 is 6.53. The third kappa shape index (κ3) is 4.30. The van der Waals surface area contributed by atoms with Gasteiger partial charge in [-0.15, -0.1) is 0 Å². The minimum absolute atomic E-state index is 0.111. The molecular weight excluding hydrogens is 483 g/mol. The molecule has 5 rings (SSSR count). The quantitative estimate of drug-likeness (QED) is 0.531. The summed E-state index contributed by atoms with van der Waals surface area (Å²) in [5.41, 5.74) is 2.61. The number of pyridine rings is 1. The van der Waals surface area contributed by atoms with Gasteiger partial charge in [0.05, 0.1) is 10.7 Å². The molecule has 2 aliphatic heterocycles. The van der Waals surface area contributed by atoms with E-state index in [1.165, 1.54) is 16.7 Å². The lowest BCUT2D eigenvalue weighted by Crippen LogP contribution is -2.35. The number of hydrogen-bond acceptors (Lipinski definition) is 4. The Morgan fingerprint density at radius 1 is 0.861 bits per heavy atom. The average Bonchev–Trinajstić information content (AvgIpc) is 3.20. The first kappa shape index (κ1) is 24.2. The fraction of sp³-hybridized carbons (Fsp3) is 0.333. The summed E-state index contributed by atoms with van der Waals surface area (Å²) in [5.74, 6) is -0.636. The highest BCUT2D eigenvalue weighted by atomic mass is 35.5. The molecule has 2 saturated heterocycles. The van der Waals surface area contributed by atoms with Crippen LogP contribution in [-0.2, 0) is 7.05 Å². The summed E-state index contributed by atoms with van der Waals surface area (Å²) in [6.07, 6.45) is 4.77. The Bertz CT molecular complexity index is 1400. The molecule has 0 bridgehead atoms. The number of carbonyl (C=O) groups is 1. The van der Waals surface area contributed by atoms with Gasteiger partial charge in [0.15, 0.2) is 0 Å². The summed E-state index contributed by atoms with van der Waals surface area (Å²) in [5, 5.41) is 11.6. The zero-order valence-electron chi connectivity index (χ0n) is 20.3. The van der Waals surface area contributed by atoms with Crippen molar-refractivity contribution >= 4 is 29.0 Å². The molecule has 2 fully saturated rings. The van der Waals surface area contributed by atoms with E-state index in [9.17, 15) is 19.1 Å². The summed E-state index contributed by atoms with van der Waals surface area (Å²) in [6.45, 7) is 2.71. The third-order valence-corrected chi connectivity index (χ3v) is 7.32. The van der Waals surface area contributed by atoms with Crippen molar-refractivity contribution in [2.24, 2.45) is 7.05 Å². The number of aromatic nitrogens is 1. The average molecular weight is 511 g/mol. The normalized spacial score (nSPS) is 16.2. The van der Waals surface area contributed by atoms with E-state index in [0.29, 0.717) is 40.6 Å². The Morgan fingerprint density at radius 2 is 1.56 bits per heavy atom. The smallest absolute Gasteiger partial charge is 0.324 e. The molecule has 1 N–H and O–H groups in total. The Labute approximate surface area is 213 Å². The second-order valence-electron chi connectivity index (χ2n) is 9.45. The number of phenols is 1. The van der Waals surface area contributed by atoms with Crippen LogP contribution >= 0.6 is 11.6 Å². The minimum Gasteiger partial charge on any atom is -0.507 e. The van der Waals surface area contributed by atoms with Crippen molar-refractivity contribution < 1.29 is 14.3 Å². The van der Waals surface area contributed by atoms with Crippen LogP contribution in [0.1, 0.15) is 19.3 Å². The number of likely N-dealkylation sites (N-methyl/N-ethyl adjacent to an activating group) is 1. The van der Waals surface area contributed by atoms with E-state index in [0.717, 1.165) is 32.4 Å². The van der Waals surface area contributed by atoms with E-state index >= 15 is 0 Å². The number of nitrogens with zero attached hydrogens (tertiary/aromatic N) is 4. The first-order valence-electron chi connectivity index (χ1n) is 12.1. The Kier molecular flexibility index (Phi) is 6.38. The molecule has 7 nitrogen and oxygen atoms in total. The molecule has 36 heavy (non-hydrogen) atoms. The van der Waals surface area contributed by atoms with Crippen molar-refractivity contribution in [3.05, 3.63) is 63.8 Å².